The highest BCUT2D eigenvalue weighted by molar-refractivity contribution is 5.85. The highest BCUT2D eigenvalue weighted by Gasteiger charge is 2.10. The highest BCUT2D eigenvalue weighted by atomic mass is 16.6. The smallest absolute Gasteiger partial charge is 0.313 e. The van der Waals surface area contributed by atoms with Gasteiger partial charge in [0.1, 0.15) is 0 Å². The van der Waals surface area contributed by atoms with Crippen molar-refractivity contribution < 1.29 is 14.3 Å². The molecule has 0 rings (SSSR count). The Morgan fingerprint density at radius 2 is 0.442 bits per heavy atom. The number of carbonyl (C=O) groups is 2. The molecule has 0 heterocycles. The Labute approximate surface area is 270 Å². The average molecular weight is 607 g/mol. The molecule has 256 valence electrons. The van der Waals surface area contributed by atoms with Crippen molar-refractivity contribution in [3.63, 3.8) is 0 Å². The summed E-state index contributed by atoms with van der Waals surface area (Å²) in [6.07, 6.45) is 46.0. The molecule has 0 aliphatic carbocycles. The number of esters is 2. The summed E-state index contributed by atoms with van der Waals surface area (Å²) >= 11 is 0. The van der Waals surface area contributed by atoms with E-state index in [1.165, 1.54) is 193 Å². The van der Waals surface area contributed by atoms with E-state index in [4.69, 9.17) is 4.74 Å². The van der Waals surface area contributed by atoms with E-state index < -0.39 is 0 Å². The van der Waals surface area contributed by atoms with Crippen LogP contribution in [0.2, 0.25) is 0 Å². The SMILES string of the molecule is CCCCCCCCCCCCCCCCCCCCCCCC(=O)OC(=O)CCCCCCCCCCCCCCC. The molecule has 0 unspecified atom stereocenters. The normalized spacial score (nSPS) is 11.3. The summed E-state index contributed by atoms with van der Waals surface area (Å²) in [6, 6.07) is 0. The first-order valence-corrected chi connectivity index (χ1v) is 19.9. The second-order valence-corrected chi connectivity index (χ2v) is 13.7. The molecule has 0 spiro atoms. The molecule has 0 aliphatic heterocycles. The van der Waals surface area contributed by atoms with Crippen molar-refractivity contribution in [2.45, 2.75) is 245 Å². The van der Waals surface area contributed by atoms with Gasteiger partial charge in [-0.2, -0.15) is 0 Å². The molecule has 0 fully saturated rings. The minimum atomic E-state index is -0.323. The van der Waals surface area contributed by atoms with E-state index in [1.54, 1.807) is 0 Å². The minimum Gasteiger partial charge on any atom is -0.393 e. The average Bonchev–Trinajstić information content (AvgIpc) is 3.00. The van der Waals surface area contributed by atoms with Gasteiger partial charge in [-0.15, -0.1) is 0 Å². The third kappa shape index (κ3) is 37.2. The second kappa shape index (κ2) is 37.3. The van der Waals surface area contributed by atoms with Crippen LogP contribution >= 0.6 is 0 Å². The Kier molecular flexibility index (Phi) is 36.6. The van der Waals surface area contributed by atoms with E-state index in [9.17, 15) is 9.59 Å². The molecular formula is C40H78O3. The van der Waals surface area contributed by atoms with Gasteiger partial charge in [-0.25, -0.2) is 0 Å². The Morgan fingerprint density at radius 3 is 0.628 bits per heavy atom. The molecule has 0 saturated carbocycles. The van der Waals surface area contributed by atoms with Crippen LogP contribution in [0.3, 0.4) is 0 Å². The van der Waals surface area contributed by atoms with Gasteiger partial charge in [-0.1, -0.05) is 219 Å². The van der Waals surface area contributed by atoms with Crippen molar-refractivity contribution in [3.8, 4) is 0 Å². The van der Waals surface area contributed by atoms with Crippen LogP contribution < -0.4 is 0 Å². The molecule has 0 saturated heterocycles. The summed E-state index contributed by atoms with van der Waals surface area (Å²) in [5, 5.41) is 0. The monoisotopic (exact) mass is 607 g/mol. The fourth-order valence-corrected chi connectivity index (χ4v) is 6.22. The number of hydrogen-bond acceptors (Lipinski definition) is 3. The number of ether oxygens (including phenoxy) is 1. The van der Waals surface area contributed by atoms with Crippen LogP contribution in [-0.2, 0) is 14.3 Å². The van der Waals surface area contributed by atoms with E-state index in [0.717, 1.165) is 25.7 Å². The lowest BCUT2D eigenvalue weighted by Gasteiger charge is -2.05. The molecule has 3 nitrogen and oxygen atoms in total. The molecule has 0 aromatic carbocycles. The van der Waals surface area contributed by atoms with Gasteiger partial charge >= 0.3 is 11.9 Å². The van der Waals surface area contributed by atoms with Gasteiger partial charge < -0.3 is 4.74 Å². The maximum Gasteiger partial charge on any atom is 0.313 e. The summed E-state index contributed by atoms with van der Waals surface area (Å²) in [7, 11) is 0. The lowest BCUT2D eigenvalue weighted by atomic mass is 10.0. The zero-order valence-electron chi connectivity index (χ0n) is 29.7. The maximum absolute atomic E-state index is 11.9. The first-order valence-electron chi connectivity index (χ1n) is 19.9. The summed E-state index contributed by atoms with van der Waals surface area (Å²) in [4.78, 5) is 23.9. The number of carbonyl (C=O) groups excluding carboxylic acids is 2. The Balaban J connectivity index is 3.25. The van der Waals surface area contributed by atoms with Crippen molar-refractivity contribution in [1.29, 1.82) is 0 Å². The summed E-state index contributed by atoms with van der Waals surface area (Å²) in [5.74, 6) is -0.644. The maximum atomic E-state index is 11.9. The first kappa shape index (κ1) is 42.1. The summed E-state index contributed by atoms with van der Waals surface area (Å²) < 4.78 is 5.02. The van der Waals surface area contributed by atoms with Gasteiger partial charge in [0, 0.05) is 12.8 Å². The second-order valence-electron chi connectivity index (χ2n) is 13.7. The van der Waals surface area contributed by atoms with Crippen LogP contribution in [0.15, 0.2) is 0 Å². The molecule has 0 amide bonds. The van der Waals surface area contributed by atoms with Crippen LogP contribution in [0.25, 0.3) is 0 Å². The zero-order valence-corrected chi connectivity index (χ0v) is 29.7. The molecule has 3 heteroatoms. The first-order chi connectivity index (χ1) is 21.2. The zero-order chi connectivity index (χ0) is 31.3. The third-order valence-corrected chi connectivity index (χ3v) is 9.20. The topological polar surface area (TPSA) is 43.4 Å². The van der Waals surface area contributed by atoms with Crippen LogP contribution in [0.4, 0.5) is 0 Å². The Hall–Kier alpha value is -0.860. The van der Waals surface area contributed by atoms with E-state index in [-0.39, 0.29) is 11.9 Å². The predicted octanol–water partition coefficient (Wildman–Crippen LogP) is 14.1. The Morgan fingerprint density at radius 1 is 0.279 bits per heavy atom. The molecule has 0 N–H and O–H groups in total. The molecule has 0 aromatic heterocycles. The van der Waals surface area contributed by atoms with E-state index in [1.807, 2.05) is 0 Å². The van der Waals surface area contributed by atoms with Crippen LogP contribution in [0.5, 0.6) is 0 Å². The van der Waals surface area contributed by atoms with Crippen LogP contribution in [-0.4, -0.2) is 11.9 Å². The molecule has 0 bridgehead atoms. The van der Waals surface area contributed by atoms with E-state index in [2.05, 4.69) is 13.8 Å². The quantitative estimate of drug-likeness (QED) is 0.0405. The van der Waals surface area contributed by atoms with E-state index in [0.29, 0.717) is 12.8 Å². The molecule has 0 radical (unpaired) electrons. The number of unbranched alkanes of at least 4 members (excludes halogenated alkanes) is 32. The minimum absolute atomic E-state index is 0.322. The van der Waals surface area contributed by atoms with Gasteiger partial charge in [-0.3, -0.25) is 9.59 Å². The summed E-state index contributed by atoms with van der Waals surface area (Å²) in [5.41, 5.74) is 0. The van der Waals surface area contributed by atoms with Gasteiger partial charge in [-0.05, 0) is 12.8 Å². The lowest BCUT2D eigenvalue weighted by molar-refractivity contribution is -0.159. The van der Waals surface area contributed by atoms with Crippen LogP contribution in [0.1, 0.15) is 245 Å². The molecule has 0 aromatic rings. The lowest BCUT2D eigenvalue weighted by Crippen LogP contribution is -2.11. The summed E-state index contributed by atoms with van der Waals surface area (Å²) in [6.45, 7) is 4.56. The van der Waals surface area contributed by atoms with Gasteiger partial charge in [0.2, 0.25) is 0 Å². The Bertz CT molecular complexity index is 558. The van der Waals surface area contributed by atoms with Crippen molar-refractivity contribution in [1.82, 2.24) is 0 Å². The fraction of sp³-hybridized carbons (Fsp3) is 0.950. The molecule has 43 heavy (non-hydrogen) atoms. The standard InChI is InChI=1S/C40H78O3/c1-3-5-7-9-11-13-15-17-18-19-20-21-22-23-24-26-28-30-32-34-36-38-40(42)43-39(41)37-35-33-31-29-27-25-16-14-12-10-8-6-4-2/h3-38H2,1-2H3. The number of rotatable bonds is 36. The van der Waals surface area contributed by atoms with Crippen molar-refractivity contribution >= 4 is 11.9 Å². The fourth-order valence-electron chi connectivity index (χ4n) is 6.22. The van der Waals surface area contributed by atoms with Gasteiger partial charge in [0.05, 0.1) is 0 Å². The molecule has 0 atom stereocenters. The van der Waals surface area contributed by atoms with Crippen molar-refractivity contribution in [3.05, 3.63) is 0 Å². The largest absolute Gasteiger partial charge is 0.393 e. The molecule has 0 aliphatic rings. The van der Waals surface area contributed by atoms with Crippen LogP contribution in [0, 0.1) is 0 Å². The predicted molar refractivity (Wildman–Crippen MR) is 189 cm³/mol. The van der Waals surface area contributed by atoms with Gasteiger partial charge in [0.25, 0.3) is 0 Å². The van der Waals surface area contributed by atoms with Gasteiger partial charge in [0.15, 0.2) is 0 Å². The molecular weight excluding hydrogens is 528 g/mol. The van der Waals surface area contributed by atoms with E-state index >= 15 is 0 Å². The van der Waals surface area contributed by atoms with Crippen molar-refractivity contribution in [2.75, 3.05) is 0 Å². The number of hydrogen-bond donors (Lipinski definition) is 0. The third-order valence-electron chi connectivity index (χ3n) is 9.20. The highest BCUT2D eigenvalue weighted by Crippen LogP contribution is 2.16. The van der Waals surface area contributed by atoms with Crippen molar-refractivity contribution in [2.24, 2.45) is 0 Å².